The van der Waals surface area contributed by atoms with E-state index in [1.165, 1.54) is 37.0 Å². The Bertz CT molecular complexity index is 1190. The predicted molar refractivity (Wildman–Crippen MR) is 138 cm³/mol. The van der Waals surface area contributed by atoms with Gasteiger partial charge in [0.1, 0.15) is 5.82 Å². The fraction of sp³-hybridized carbons (Fsp3) is 0.241. The Morgan fingerprint density at radius 1 is 1.18 bits per heavy atom. The first kappa shape index (κ1) is 24.1. The largest absolute Gasteiger partial charge is 0.512 e. The number of aromatic nitrogens is 1. The van der Waals surface area contributed by atoms with E-state index in [9.17, 15) is 9.50 Å². The second-order valence-electron chi connectivity index (χ2n) is 8.36. The number of aryl methyl sites for hydroxylation is 1. The molecule has 0 saturated heterocycles. The van der Waals surface area contributed by atoms with Crippen LogP contribution in [0.4, 0.5) is 4.39 Å². The van der Waals surface area contributed by atoms with Crippen molar-refractivity contribution >= 4 is 22.0 Å². The second kappa shape index (κ2) is 10.9. The van der Waals surface area contributed by atoms with Crippen LogP contribution in [0, 0.1) is 5.82 Å². The first-order valence-electron chi connectivity index (χ1n) is 11.4. The van der Waals surface area contributed by atoms with Crippen molar-refractivity contribution in [3.63, 3.8) is 0 Å². The molecular weight excluding hydrogens is 411 g/mol. The third-order valence-corrected chi connectivity index (χ3v) is 6.08. The van der Waals surface area contributed by atoms with E-state index in [0.29, 0.717) is 22.3 Å². The predicted octanol–water partition coefficient (Wildman–Crippen LogP) is 7.70. The van der Waals surface area contributed by atoms with Gasteiger partial charge in [0.2, 0.25) is 0 Å². The molecule has 0 unspecified atom stereocenters. The van der Waals surface area contributed by atoms with E-state index in [-0.39, 0.29) is 11.6 Å². The molecule has 0 radical (unpaired) electrons. The summed E-state index contributed by atoms with van der Waals surface area (Å²) in [4.78, 5) is 3.27. The summed E-state index contributed by atoms with van der Waals surface area (Å²) in [5.74, 6) is -0.243. The van der Waals surface area contributed by atoms with Crippen LogP contribution >= 0.6 is 0 Å². The SMILES string of the molecule is C=C(/C(C(=C)c1c[nH]c2cc(CC)ccc12)=C(/C)O)c1cccc(F)c1.C=CNC1CCC1. The summed E-state index contributed by atoms with van der Waals surface area (Å²) in [6.45, 7) is 15.5. The average molecular weight is 445 g/mol. The number of aliphatic hydroxyl groups excluding tert-OH is 1. The summed E-state index contributed by atoms with van der Waals surface area (Å²) in [6, 6.07) is 13.2. The third kappa shape index (κ3) is 5.64. The Labute approximate surface area is 196 Å². The molecule has 1 aliphatic rings. The number of allylic oxidation sites excluding steroid dienone is 4. The molecule has 0 amide bonds. The lowest BCUT2D eigenvalue weighted by atomic mass is 9.89. The highest BCUT2D eigenvalue weighted by atomic mass is 19.1. The zero-order valence-corrected chi connectivity index (χ0v) is 19.5. The molecule has 1 fully saturated rings. The van der Waals surface area contributed by atoms with Crippen LogP contribution in [0.25, 0.3) is 22.0 Å². The van der Waals surface area contributed by atoms with Gasteiger partial charge in [-0.25, -0.2) is 4.39 Å². The maximum atomic E-state index is 13.6. The van der Waals surface area contributed by atoms with Crippen LogP contribution in [0.3, 0.4) is 0 Å². The average Bonchev–Trinajstić information content (AvgIpc) is 3.19. The summed E-state index contributed by atoms with van der Waals surface area (Å²) in [5.41, 5.74) is 5.48. The number of fused-ring (bicyclic) bond motifs is 1. The Morgan fingerprint density at radius 2 is 1.94 bits per heavy atom. The van der Waals surface area contributed by atoms with Gasteiger partial charge in [-0.15, -0.1) is 0 Å². The van der Waals surface area contributed by atoms with Gasteiger partial charge in [-0.1, -0.05) is 50.9 Å². The van der Waals surface area contributed by atoms with Crippen LogP contribution in [-0.2, 0) is 6.42 Å². The molecule has 0 aliphatic heterocycles. The standard InChI is InChI=1S/C23H22FNO.C6H11N/c1-5-17-9-10-20-21(13-25-22(20)11-17)15(3)23(16(4)26)14(2)18-7-6-8-19(24)12-18;1-2-7-6-4-3-5-6/h6-13,25-26H,2-3,5H2,1,4H3;2,6-7H,1,3-5H2/b23-16+;. The third-order valence-electron chi connectivity index (χ3n) is 6.08. The highest BCUT2D eigenvalue weighted by molar-refractivity contribution is 6.03. The van der Waals surface area contributed by atoms with Crippen LogP contribution in [0.15, 0.2) is 85.9 Å². The van der Waals surface area contributed by atoms with Gasteiger partial charge < -0.3 is 15.4 Å². The Kier molecular flexibility index (Phi) is 7.94. The van der Waals surface area contributed by atoms with Crippen molar-refractivity contribution < 1.29 is 9.50 Å². The fourth-order valence-electron chi connectivity index (χ4n) is 3.96. The van der Waals surface area contributed by atoms with Gasteiger partial charge in [0.05, 0.1) is 5.76 Å². The van der Waals surface area contributed by atoms with Crippen molar-refractivity contribution in [2.75, 3.05) is 0 Å². The zero-order valence-electron chi connectivity index (χ0n) is 19.5. The van der Waals surface area contributed by atoms with Crippen LogP contribution in [0.5, 0.6) is 0 Å². The van der Waals surface area contributed by atoms with Crippen molar-refractivity contribution in [3.8, 4) is 0 Å². The molecule has 3 nitrogen and oxygen atoms in total. The molecule has 0 bridgehead atoms. The van der Waals surface area contributed by atoms with E-state index in [0.717, 1.165) is 28.9 Å². The molecule has 1 aromatic heterocycles. The number of aliphatic hydroxyl groups is 1. The molecule has 1 saturated carbocycles. The molecule has 2 aromatic carbocycles. The van der Waals surface area contributed by atoms with Crippen molar-refractivity contribution in [2.24, 2.45) is 0 Å². The van der Waals surface area contributed by atoms with Crippen molar-refractivity contribution in [1.29, 1.82) is 0 Å². The topological polar surface area (TPSA) is 48.0 Å². The molecule has 4 heteroatoms. The first-order chi connectivity index (χ1) is 15.8. The maximum absolute atomic E-state index is 13.6. The van der Waals surface area contributed by atoms with Gasteiger partial charge in [-0.3, -0.25) is 0 Å². The van der Waals surface area contributed by atoms with Crippen LogP contribution in [0.1, 0.15) is 49.8 Å². The van der Waals surface area contributed by atoms with E-state index < -0.39 is 0 Å². The number of nitrogens with one attached hydrogen (secondary N) is 2. The fourth-order valence-corrected chi connectivity index (χ4v) is 3.96. The lowest BCUT2D eigenvalue weighted by Crippen LogP contribution is -2.30. The molecule has 0 atom stereocenters. The highest BCUT2D eigenvalue weighted by Crippen LogP contribution is 2.37. The van der Waals surface area contributed by atoms with Gasteiger partial charge in [0.25, 0.3) is 0 Å². The Morgan fingerprint density at radius 3 is 2.48 bits per heavy atom. The Balaban J connectivity index is 0.000000374. The van der Waals surface area contributed by atoms with Crippen LogP contribution in [0.2, 0.25) is 0 Å². The van der Waals surface area contributed by atoms with Gasteiger partial charge in [-0.2, -0.15) is 0 Å². The second-order valence-corrected chi connectivity index (χ2v) is 8.36. The lowest BCUT2D eigenvalue weighted by molar-refractivity contribution is 0.373. The number of rotatable bonds is 7. The molecule has 0 spiro atoms. The lowest BCUT2D eigenvalue weighted by Gasteiger charge is -2.24. The molecule has 172 valence electrons. The molecule has 1 aliphatic carbocycles. The molecule has 1 heterocycles. The summed E-state index contributed by atoms with van der Waals surface area (Å²) >= 11 is 0. The van der Waals surface area contributed by atoms with Crippen molar-refractivity contribution in [3.05, 3.63) is 108 Å². The van der Waals surface area contributed by atoms with E-state index in [1.54, 1.807) is 25.3 Å². The molecular formula is C29H33FN2O. The van der Waals surface area contributed by atoms with Gasteiger partial charge in [0, 0.05) is 34.3 Å². The van der Waals surface area contributed by atoms with E-state index in [2.05, 4.69) is 55.2 Å². The van der Waals surface area contributed by atoms with E-state index in [1.807, 2.05) is 6.20 Å². The minimum absolute atomic E-state index is 0.101. The van der Waals surface area contributed by atoms with Crippen molar-refractivity contribution in [1.82, 2.24) is 10.3 Å². The summed E-state index contributed by atoms with van der Waals surface area (Å²) < 4.78 is 13.6. The maximum Gasteiger partial charge on any atom is 0.123 e. The normalized spacial score (nSPS) is 13.9. The first-order valence-corrected chi connectivity index (χ1v) is 11.4. The zero-order chi connectivity index (χ0) is 24.0. The van der Waals surface area contributed by atoms with E-state index >= 15 is 0 Å². The van der Waals surface area contributed by atoms with Crippen LogP contribution < -0.4 is 5.32 Å². The smallest absolute Gasteiger partial charge is 0.123 e. The molecule has 4 rings (SSSR count). The number of hydrogen-bond donors (Lipinski definition) is 3. The Hall–Kier alpha value is -3.53. The number of hydrogen-bond acceptors (Lipinski definition) is 2. The highest BCUT2D eigenvalue weighted by Gasteiger charge is 2.18. The van der Waals surface area contributed by atoms with Crippen LogP contribution in [-0.4, -0.2) is 16.1 Å². The van der Waals surface area contributed by atoms with Gasteiger partial charge >= 0.3 is 0 Å². The molecule has 3 aromatic rings. The summed E-state index contributed by atoms with van der Waals surface area (Å²) in [6.07, 6.45) is 8.70. The monoisotopic (exact) mass is 444 g/mol. The minimum atomic E-state index is -0.344. The quantitative estimate of drug-likeness (QED) is 0.258. The number of H-pyrrole nitrogens is 1. The minimum Gasteiger partial charge on any atom is -0.512 e. The van der Waals surface area contributed by atoms with Crippen molar-refractivity contribution in [2.45, 2.75) is 45.6 Å². The van der Waals surface area contributed by atoms with Gasteiger partial charge in [-0.05, 0) is 79.3 Å². The number of aromatic amines is 1. The molecule has 33 heavy (non-hydrogen) atoms. The van der Waals surface area contributed by atoms with Gasteiger partial charge in [0.15, 0.2) is 0 Å². The molecule has 3 N–H and O–H groups in total. The number of benzene rings is 2. The summed E-state index contributed by atoms with van der Waals surface area (Å²) in [7, 11) is 0. The van der Waals surface area contributed by atoms with E-state index in [4.69, 9.17) is 0 Å². The summed E-state index contributed by atoms with van der Waals surface area (Å²) in [5, 5.41) is 14.5. The number of halogens is 1.